The molecule has 2 aromatic carbocycles. The zero-order chi connectivity index (χ0) is 16.3. The summed E-state index contributed by atoms with van der Waals surface area (Å²) >= 11 is 0. The fourth-order valence-corrected chi connectivity index (χ4v) is 4.44. The molecule has 0 saturated heterocycles. The molecule has 0 bridgehead atoms. The van der Waals surface area contributed by atoms with E-state index in [4.69, 9.17) is 0 Å². The van der Waals surface area contributed by atoms with E-state index in [0.717, 1.165) is 16.7 Å². The molecule has 0 fully saturated rings. The first-order valence-electron chi connectivity index (χ1n) is 7.81. The monoisotopic (exact) mass is 331 g/mol. The van der Waals surface area contributed by atoms with Crippen molar-refractivity contribution in [3.63, 3.8) is 0 Å². The predicted octanol–water partition coefficient (Wildman–Crippen LogP) is 2.33. The van der Waals surface area contributed by atoms with Gasteiger partial charge in [0, 0.05) is 13.1 Å². The van der Waals surface area contributed by atoms with Gasteiger partial charge in [-0.3, -0.25) is 0 Å². The molecular formula is C18H21NO3S. The van der Waals surface area contributed by atoms with Gasteiger partial charge in [0.15, 0.2) is 0 Å². The largest absolute Gasteiger partial charge is 0.392 e. The Kier molecular flexibility index (Phi) is 4.80. The van der Waals surface area contributed by atoms with E-state index in [1.54, 1.807) is 0 Å². The van der Waals surface area contributed by atoms with Gasteiger partial charge in [0.05, 0.1) is 11.9 Å². The van der Waals surface area contributed by atoms with Crippen molar-refractivity contribution in [1.82, 2.24) is 4.31 Å². The van der Waals surface area contributed by atoms with E-state index >= 15 is 0 Å². The molecule has 2 aromatic rings. The zero-order valence-corrected chi connectivity index (χ0v) is 13.7. The molecule has 0 spiro atoms. The van der Waals surface area contributed by atoms with Crippen LogP contribution in [0.25, 0.3) is 0 Å². The van der Waals surface area contributed by atoms with Crippen LogP contribution >= 0.6 is 0 Å². The average Bonchev–Trinajstić information content (AvgIpc) is 2.99. The lowest BCUT2D eigenvalue weighted by Crippen LogP contribution is -2.33. The lowest BCUT2D eigenvalue weighted by atomic mass is 10.1. The highest BCUT2D eigenvalue weighted by molar-refractivity contribution is 7.89. The Hall–Kier alpha value is -1.69. The van der Waals surface area contributed by atoms with Gasteiger partial charge >= 0.3 is 0 Å². The number of aliphatic hydroxyl groups excluding tert-OH is 1. The van der Waals surface area contributed by atoms with Crippen LogP contribution in [0.5, 0.6) is 0 Å². The normalized spacial score (nSPS) is 16.2. The molecule has 0 amide bonds. The van der Waals surface area contributed by atoms with Crippen LogP contribution in [0.2, 0.25) is 0 Å². The maximum atomic E-state index is 12.5. The molecule has 122 valence electrons. The van der Waals surface area contributed by atoms with Crippen LogP contribution in [0.3, 0.4) is 0 Å². The second-order valence-corrected chi connectivity index (χ2v) is 8.01. The summed E-state index contributed by atoms with van der Waals surface area (Å²) in [6, 6.07) is 17.5. The van der Waals surface area contributed by atoms with Crippen molar-refractivity contribution < 1.29 is 13.5 Å². The Morgan fingerprint density at radius 3 is 2.13 bits per heavy atom. The minimum atomic E-state index is -3.45. The smallest absolute Gasteiger partial charge is 0.217 e. The van der Waals surface area contributed by atoms with E-state index < -0.39 is 16.1 Å². The maximum absolute atomic E-state index is 12.5. The predicted molar refractivity (Wildman–Crippen MR) is 90.2 cm³/mol. The van der Waals surface area contributed by atoms with Crippen LogP contribution < -0.4 is 0 Å². The lowest BCUT2D eigenvalue weighted by Gasteiger charge is -2.18. The maximum Gasteiger partial charge on any atom is 0.217 e. The molecular weight excluding hydrogens is 310 g/mol. The van der Waals surface area contributed by atoms with E-state index in [1.807, 2.05) is 54.6 Å². The minimum Gasteiger partial charge on any atom is -0.392 e. The molecule has 1 N–H and O–H groups in total. The topological polar surface area (TPSA) is 57.6 Å². The van der Waals surface area contributed by atoms with E-state index in [1.165, 1.54) is 4.31 Å². The van der Waals surface area contributed by atoms with Crippen molar-refractivity contribution in [2.45, 2.75) is 32.0 Å². The lowest BCUT2D eigenvalue weighted by molar-refractivity contribution is 0.185. The number of hydrogen-bond donors (Lipinski definition) is 1. The number of aliphatic hydroxyl groups is 1. The molecule has 0 aliphatic carbocycles. The Balaban J connectivity index is 1.57. The summed E-state index contributed by atoms with van der Waals surface area (Å²) in [5.74, 6) is -0.214. The second-order valence-electron chi connectivity index (χ2n) is 5.99. The Morgan fingerprint density at radius 2 is 1.52 bits per heavy atom. The summed E-state index contributed by atoms with van der Waals surface area (Å²) in [5, 5.41) is 10.1. The molecule has 5 heteroatoms. The molecule has 3 rings (SSSR count). The van der Waals surface area contributed by atoms with Gasteiger partial charge < -0.3 is 5.11 Å². The van der Waals surface area contributed by atoms with Crippen molar-refractivity contribution in [2.24, 2.45) is 0 Å². The second kappa shape index (κ2) is 6.83. The summed E-state index contributed by atoms with van der Waals surface area (Å²) in [4.78, 5) is 0. The van der Waals surface area contributed by atoms with E-state index in [2.05, 4.69) is 0 Å². The van der Waals surface area contributed by atoms with Crippen LogP contribution in [-0.2, 0) is 29.5 Å². The van der Waals surface area contributed by atoms with Crippen molar-refractivity contribution in [3.8, 4) is 0 Å². The third kappa shape index (κ3) is 3.99. The number of hydrogen-bond acceptors (Lipinski definition) is 3. The molecule has 1 unspecified atom stereocenters. The third-order valence-electron chi connectivity index (χ3n) is 4.22. The van der Waals surface area contributed by atoms with Crippen LogP contribution in [-0.4, -0.2) is 29.7 Å². The fourth-order valence-electron chi connectivity index (χ4n) is 2.91. The third-order valence-corrected chi connectivity index (χ3v) is 6.07. The summed E-state index contributed by atoms with van der Waals surface area (Å²) in [6.07, 6.45) is 0.283. The van der Waals surface area contributed by atoms with Crippen molar-refractivity contribution >= 4 is 10.0 Å². The number of nitrogens with zero attached hydrogens (tertiary/aromatic N) is 1. The molecule has 1 atom stereocenters. The van der Waals surface area contributed by atoms with Crippen LogP contribution in [0.1, 0.15) is 23.1 Å². The van der Waals surface area contributed by atoms with Gasteiger partial charge in [-0.25, -0.2) is 8.42 Å². The van der Waals surface area contributed by atoms with Crippen LogP contribution in [0, 0.1) is 0 Å². The zero-order valence-electron chi connectivity index (χ0n) is 12.9. The standard InChI is InChI=1S/C18H21NO3S/c20-18(11-10-15-6-2-1-3-7-15)14-23(21,22)19-12-16-8-4-5-9-17(16)13-19/h1-9,18,20H,10-14H2. The average molecular weight is 331 g/mol. The minimum absolute atomic E-state index is 0.214. The molecule has 1 aliphatic rings. The molecule has 0 radical (unpaired) electrons. The highest BCUT2D eigenvalue weighted by atomic mass is 32.2. The quantitative estimate of drug-likeness (QED) is 0.884. The fraction of sp³-hybridized carbons (Fsp3) is 0.333. The molecule has 1 aliphatic heterocycles. The van der Waals surface area contributed by atoms with E-state index in [0.29, 0.717) is 25.9 Å². The number of rotatable bonds is 6. The van der Waals surface area contributed by atoms with Crippen molar-refractivity contribution in [1.29, 1.82) is 0 Å². The van der Waals surface area contributed by atoms with E-state index in [9.17, 15) is 13.5 Å². The van der Waals surface area contributed by atoms with Crippen molar-refractivity contribution in [2.75, 3.05) is 5.75 Å². The Labute approximate surface area is 137 Å². The van der Waals surface area contributed by atoms with Gasteiger partial charge in [-0.15, -0.1) is 0 Å². The van der Waals surface area contributed by atoms with E-state index in [-0.39, 0.29) is 5.75 Å². The summed E-state index contributed by atoms with van der Waals surface area (Å²) in [5.41, 5.74) is 3.21. The molecule has 1 heterocycles. The first kappa shape index (κ1) is 16.2. The SMILES string of the molecule is O=S(=O)(CC(O)CCc1ccccc1)N1Cc2ccccc2C1. The summed E-state index contributed by atoms with van der Waals surface area (Å²) in [6.45, 7) is 0.813. The van der Waals surface area contributed by atoms with Gasteiger partial charge in [0.1, 0.15) is 0 Å². The first-order valence-corrected chi connectivity index (χ1v) is 9.42. The number of benzene rings is 2. The molecule has 0 aromatic heterocycles. The summed E-state index contributed by atoms with van der Waals surface area (Å²) < 4.78 is 26.4. The highest BCUT2D eigenvalue weighted by Gasteiger charge is 2.30. The Morgan fingerprint density at radius 1 is 0.957 bits per heavy atom. The van der Waals surface area contributed by atoms with Gasteiger partial charge in [0.25, 0.3) is 0 Å². The van der Waals surface area contributed by atoms with Crippen molar-refractivity contribution in [3.05, 3.63) is 71.3 Å². The summed E-state index contributed by atoms with van der Waals surface area (Å²) in [7, 11) is -3.45. The number of aryl methyl sites for hydroxylation is 1. The number of sulfonamides is 1. The highest BCUT2D eigenvalue weighted by Crippen LogP contribution is 2.25. The first-order chi connectivity index (χ1) is 11.0. The van der Waals surface area contributed by atoms with Gasteiger partial charge in [-0.1, -0.05) is 54.6 Å². The van der Waals surface area contributed by atoms with Gasteiger partial charge in [-0.05, 0) is 29.5 Å². The molecule has 0 saturated carbocycles. The molecule has 4 nitrogen and oxygen atoms in total. The van der Waals surface area contributed by atoms with Gasteiger partial charge in [0.2, 0.25) is 10.0 Å². The van der Waals surface area contributed by atoms with Gasteiger partial charge in [-0.2, -0.15) is 4.31 Å². The van der Waals surface area contributed by atoms with Crippen LogP contribution in [0.4, 0.5) is 0 Å². The number of fused-ring (bicyclic) bond motifs is 1. The molecule has 23 heavy (non-hydrogen) atoms. The Bertz CT molecular complexity index is 734. The van der Waals surface area contributed by atoms with Crippen LogP contribution in [0.15, 0.2) is 54.6 Å².